The van der Waals surface area contributed by atoms with Gasteiger partial charge in [0.1, 0.15) is 24.4 Å². The highest BCUT2D eigenvalue weighted by Crippen LogP contribution is 2.28. The lowest BCUT2D eigenvalue weighted by Crippen LogP contribution is -2.60. The van der Waals surface area contributed by atoms with Gasteiger partial charge in [0, 0.05) is 23.6 Å². The van der Waals surface area contributed by atoms with Crippen molar-refractivity contribution < 1.29 is 44.5 Å². The molecule has 0 aliphatic carbocycles. The summed E-state index contributed by atoms with van der Waals surface area (Å²) in [6, 6.07) is 0. The molecule has 0 radical (unpaired) electrons. The van der Waals surface area contributed by atoms with E-state index in [-0.39, 0.29) is 23.7 Å². The quantitative estimate of drug-likeness (QED) is 0.138. The Morgan fingerprint density at radius 2 is 1.74 bits per heavy atom. The van der Waals surface area contributed by atoms with Gasteiger partial charge < -0.3 is 49.5 Å². The van der Waals surface area contributed by atoms with Gasteiger partial charge in [-0.25, -0.2) is 0 Å². The second-order valence-electron chi connectivity index (χ2n) is 10.6. The first kappa shape index (κ1) is 35.4. The first-order chi connectivity index (χ1) is 19.9. The second kappa shape index (κ2) is 16.8. The highest BCUT2D eigenvalue weighted by Gasteiger charge is 2.45. The van der Waals surface area contributed by atoms with Crippen LogP contribution in [-0.4, -0.2) is 94.8 Å². The van der Waals surface area contributed by atoms with E-state index in [2.05, 4.69) is 4.98 Å². The molecule has 6 N–H and O–H groups in total. The third-order valence-corrected chi connectivity index (χ3v) is 7.35. The zero-order valence-corrected chi connectivity index (χ0v) is 25.5. The molecule has 0 bridgehead atoms. The molecule has 11 heteroatoms. The molecule has 7 atom stereocenters. The minimum atomic E-state index is -1.55. The summed E-state index contributed by atoms with van der Waals surface area (Å²) in [6.07, 6.45) is 3.27. The van der Waals surface area contributed by atoms with Crippen LogP contribution in [0.3, 0.4) is 0 Å². The number of hydrogen-bond acceptors (Lipinski definition) is 10. The molecule has 0 spiro atoms. The van der Waals surface area contributed by atoms with Crippen molar-refractivity contribution in [1.82, 2.24) is 4.98 Å². The topological polar surface area (TPSA) is 171 Å². The van der Waals surface area contributed by atoms with Crippen LogP contribution >= 0.6 is 0 Å². The molecule has 1 aromatic rings. The Hall–Kier alpha value is -2.77. The molecule has 2 rings (SSSR count). The van der Waals surface area contributed by atoms with Gasteiger partial charge in [0.25, 0.3) is 0 Å². The van der Waals surface area contributed by atoms with Crippen molar-refractivity contribution in [2.75, 3.05) is 27.4 Å². The highest BCUT2D eigenvalue weighted by molar-refractivity contribution is 5.40. The van der Waals surface area contributed by atoms with E-state index in [1.165, 1.54) is 14.2 Å². The molecule has 1 aliphatic rings. The molecule has 1 aromatic heterocycles. The third-order valence-electron chi connectivity index (χ3n) is 7.35. The maximum atomic E-state index is 12.6. The summed E-state index contributed by atoms with van der Waals surface area (Å²) < 4.78 is 22.0. The molecular weight excluding hydrogens is 546 g/mol. The minimum absolute atomic E-state index is 0.154. The molecule has 2 heterocycles. The first-order valence-corrected chi connectivity index (χ1v) is 14.0. The summed E-state index contributed by atoms with van der Waals surface area (Å²) in [6.45, 7) is 8.63. The predicted octanol–water partition coefficient (Wildman–Crippen LogP) is 1.84. The molecule has 11 nitrogen and oxygen atoms in total. The molecular formula is C31H47NO10. The summed E-state index contributed by atoms with van der Waals surface area (Å²) in [5.41, 5.74) is 3.87. The number of aromatic nitrogens is 1. The van der Waals surface area contributed by atoms with E-state index in [0.717, 1.165) is 16.8 Å². The van der Waals surface area contributed by atoms with E-state index in [1.807, 2.05) is 45.1 Å². The van der Waals surface area contributed by atoms with E-state index >= 15 is 0 Å². The molecule has 0 saturated carbocycles. The molecule has 0 aromatic carbocycles. The van der Waals surface area contributed by atoms with Crippen molar-refractivity contribution in [3.63, 3.8) is 0 Å². The molecule has 0 unspecified atom stereocenters. The van der Waals surface area contributed by atoms with E-state index in [0.29, 0.717) is 29.9 Å². The number of methoxy groups -OCH3 is 2. The van der Waals surface area contributed by atoms with Gasteiger partial charge >= 0.3 is 0 Å². The monoisotopic (exact) mass is 593 g/mol. The molecule has 42 heavy (non-hydrogen) atoms. The van der Waals surface area contributed by atoms with Gasteiger partial charge in [-0.05, 0) is 39.7 Å². The Kier molecular flexibility index (Phi) is 14.1. The van der Waals surface area contributed by atoms with Crippen molar-refractivity contribution in [2.24, 2.45) is 5.92 Å². The fourth-order valence-electron chi connectivity index (χ4n) is 4.81. The number of ether oxygens (including phenoxy) is 4. The maximum absolute atomic E-state index is 12.6. The van der Waals surface area contributed by atoms with Crippen LogP contribution in [0.25, 0.3) is 0 Å². The zero-order valence-electron chi connectivity index (χ0n) is 25.5. The number of rotatable bonds is 14. The Bertz CT molecular complexity index is 1200. The number of aliphatic hydroxyl groups excluding tert-OH is 5. The van der Waals surface area contributed by atoms with Crippen molar-refractivity contribution >= 4 is 0 Å². The summed E-state index contributed by atoms with van der Waals surface area (Å²) in [5.74, 6) is 0.217. The lowest BCUT2D eigenvalue weighted by atomic mass is 9.94. The summed E-state index contributed by atoms with van der Waals surface area (Å²) in [5, 5.41) is 49.6. The number of nitrogens with one attached hydrogen (secondary N) is 1. The van der Waals surface area contributed by atoms with Gasteiger partial charge in [0.05, 0.1) is 33.5 Å². The smallest absolute Gasteiger partial charge is 0.238 e. The predicted molar refractivity (Wildman–Crippen MR) is 159 cm³/mol. The number of H-pyrrole nitrogens is 1. The standard InChI is InChI=1S/C31H47NO10/c1-17(11-12-22-21(5)24(35)29(39-6)30(32-22)40-7)9-8-10-18(2)15-20(4)28(19(3)13-14-33)42-31-27(38)26(37)25(36)23(16-34)41-31/h8,10-11,13,15,20,23,25-28,31,33-34,36-38H,9,12,14,16H2,1-7H3,(H,32,35)/b10-8+,17-11+,18-15+,19-13+/t20-,23+,25-,26+,27-,28+,31-/m0/s1. The summed E-state index contributed by atoms with van der Waals surface area (Å²) in [7, 11) is 2.91. The normalized spacial score (nSPS) is 25.5. The average Bonchev–Trinajstić information content (AvgIpc) is 2.96. The van der Waals surface area contributed by atoms with Gasteiger partial charge in [-0.1, -0.05) is 48.5 Å². The van der Waals surface area contributed by atoms with Crippen LogP contribution in [0, 0.1) is 12.8 Å². The number of hydrogen-bond donors (Lipinski definition) is 6. The van der Waals surface area contributed by atoms with Crippen molar-refractivity contribution in [3.8, 4) is 11.6 Å². The van der Waals surface area contributed by atoms with Crippen LogP contribution in [0.4, 0.5) is 0 Å². The molecule has 236 valence electrons. The zero-order chi connectivity index (χ0) is 31.6. The van der Waals surface area contributed by atoms with Crippen LogP contribution in [0.1, 0.15) is 45.4 Å². The lowest BCUT2D eigenvalue weighted by Gasteiger charge is -2.41. The molecule has 1 aliphatic heterocycles. The minimum Gasteiger partial charge on any atom is -0.488 e. The Labute approximate surface area is 247 Å². The summed E-state index contributed by atoms with van der Waals surface area (Å²) in [4.78, 5) is 15.7. The van der Waals surface area contributed by atoms with Crippen LogP contribution in [0.5, 0.6) is 11.6 Å². The Morgan fingerprint density at radius 1 is 1.05 bits per heavy atom. The Balaban J connectivity index is 2.12. The van der Waals surface area contributed by atoms with E-state index in [4.69, 9.17) is 18.9 Å². The van der Waals surface area contributed by atoms with Gasteiger partial charge in [-0.2, -0.15) is 0 Å². The van der Waals surface area contributed by atoms with E-state index in [9.17, 15) is 30.3 Å². The van der Waals surface area contributed by atoms with Crippen LogP contribution < -0.4 is 14.9 Å². The third kappa shape index (κ3) is 9.11. The molecule has 1 saturated heterocycles. The largest absolute Gasteiger partial charge is 0.488 e. The van der Waals surface area contributed by atoms with Gasteiger partial charge in [-0.15, -0.1) is 0 Å². The SMILES string of the molecule is COc1[nH]c(C/C=C(\C)C/C=C/C(C)=C/[C@H](C)[C@H](O[C@@H]2O[C@H](CO)[C@H](O)[C@@H](O)[C@@H]2O)/C(C)=C/CO)c(C)c(=O)c1OC. The van der Waals surface area contributed by atoms with Crippen LogP contribution in [0.15, 0.2) is 51.9 Å². The number of aromatic amines is 1. The van der Waals surface area contributed by atoms with Crippen molar-refractivity contribution in [1.29, 1.82) is 0 Å². The van der Waals surface area contributed by atoms with Crippen LogP contribution in [0.2, 0.25) is 0 Å². The Morgan fingerprint density at radius 3 is 2.33 bits per heavy atom. The number of allylic oxidation sites excluding steroid dienone is 5. The molecule has 1 fully saturated rings. The van der Waals surface area contributed by atoms with E-state index in [1.54, 1.807) is 19.9 Å². The first-order valence-electron chi connectivity index (χ1n) is 14.0. The van der Waals surface area contributed by atoms with Gasteiger partial charge in [0.2, 0.25) is 17.1 Å². The second-order valence-corrected chi connectivity index (χ2v) is 10.6. The summed E-state index contributed by atoms with van der Waals surface area (Å²) >= 11 is 0. The van der Waals surface area contributed by atoms with Gasteiger partial charge in [0.15, 0.2) is 6.29 Å². The molecule has 0 amide bonds. The maximum Gasteiger partial charge on any atom is 0.238 e. The van der Waals surface area contributed by atoms with Crippen LogP contribution in [-0.2, 0) is 15.9 Å². The lowest BCUT2D eigenvalue weighted by molar-refractivity contribution is -0.310. The average molecular weight is 594 g/mol. The highest BCUT2D eigenvalue weighted by atomic mass is 16.7. The van der Waals surface area contributed by atoms with Crippen molar-refractivity contribution in [2.45, 2.75) is 84.3 Å². The van der Waals surface area contributed by atoms with Crippen molar-refractivity contribution in [3.05, 3.63) is 68.6 Å². The van der Waals surface area contributed by atoms with Gasteiger partial charge in [-0.3, -0.25) is 4.79 Å². The fourth-order valence-corrected chi connectivity index (χ4v) is 4.81. The fraction of sp³-hybridized carbons (Fsp3) is 0.581. The number of pyridine rings is 1. The number of aliphatic hydroxyl groups is 5. The van der Waals surface area contributed by atoms with E-state index < -0.39 is 43.4 Å².